The number of ether oxygens (including phenoxy) is 1. The number of nitrogen functional groups attached to an aromatic ring is 1. The van der Waals surface area contributed by atoms with E-state index in [1.807, 2.05) is 54.6 Å². The van der Waals surface area contributed by atoms with Gasteiger partial charge in [-0.2, -0.15) is 0 Å². The molecule has 28 heavy (non-hydrogen) atoms. The number of nitrogens with zero attached hydrogens (tertiary/aromatic N) is 2. The number of nitrogens with two attached hydrogens (primary N) is 1. The molecule has 1 unspecified atom stereocenters. The van der Waals surface area contributed by atoms with Crippen LogP contribution in [0.5, 0.6) is 11.5 Å². The van der Waals surface area contributed by atoms with Crippen LogP contribution in [-0.2, 0) is 6.54 Å². The summed E-state index contributed by atoms with van der Waals surface area (Å²) >= 11 is 0. The minimum atomic E-state index is 0. The molecule has 3 aromatic rings. The highest BCUT2D eigenvalue weighted by atomic mass is 35.5. The van der Waals surface area contributed by atoms with Crippen molar-refractivity contribution < 1.29 is 4.74 Å². The summed E-state index contributed by atoms with van der Waals surface area (Å²) in [6, 6.07) is 18.1. The van der Waals surface area contributed by atoms with E-state index in [2.05, 4.69) is 20.6 Å². The molecule has 1 aromatic heterocycles. The molecule has 2 heterocycles. The molecule has 6 nitrogen and oxygen atoms in total. The number of nitrogens with one attached hydrogen (secondary N) is 2. The minimum absolute atomic E-state index is 0. The van der Waals surface area contributed by atoms with Gasteiger partial charge in [0.15, 0.2) is 0 Å². The van der Waals surface area contributed by atoms with Crippen LogP contribution in [0.1, 0.15) is 12.1 Å². The summed E-state index contributed by atoms with van der Waals surface area (Å²) in [6.07, 6.45) is 2.65. The number of hydrogen-bond donors (Lipinski definition) is 3. The minimum Gasteiger partial charge on any atom is -0.457 e. The van der Waals surface area contributed by atoms with Crippen molar-refractivity contribution in [1.29, 1.82) is 0 Å². The van der Waals surface area contributed by atoms with E-state index in [9.17, 15) is 0 Å². The molecule has 0 amide bonds. The molecule has 1 fully saturated rings. The Labute approximate surface area is 171 Å². The number of benzene rings is 2. The van der Waals surface area contributed by atoms with Crippen LogP contribution in [0, 0.1) is 0 Å². The largest absolute Gasteiger partial charge is 0.457 e. The first-order valence-electron chi connectivity index (χ1n) is 9.16. The molecule has 0 aliphatic carbocycles. The topological polar surface area (TPSA) is 85.1 Å². The van der Waals surface area contributed by atoms with Gasteiger partial charge in [-0.05, 0) is 42.8 Å². The highest BCUT2D eigenvalue weighted by Crippen LogP contribution is 2.30. The molecule has 0 radical (unpaired) electrons. The highest BCUT2D eigenvalue weighted by molar-refractivity contribution is 5.85. The molecule has 1 aliphatic heterocycles. The lowest BCUT2D eigenvalue weighted by atomic mass is 10.0. The fraction of sp³-hybridized carbons (Fsp3) is 0.238. The maximum Gasteiger partial charge on any atom is 0.135 e. The zero-order valence-electron chi connectivity index (χ0n) is 15.5. The van der Waals surface area contributed by atoms with Gasteiger partial charge in [-0.15, -0.1) is 12.4 Å². The number of aromatic nitrogens is 2. The summed E-state index contributed by atoms with van der Waals surface area (Å²) in [4.78, 5) is 8.64. The van der Waals surface area contributed by atoms with Crippen molar-refractivity contribution in [2.75, 3.05) is 18.8 Å². The van der Waals surface area contributed by atoms with Gasteiger partial charge >= 0.3 is 0 Å². The predicted octanol–water partition coefficient (Wildman–Crippen LogP) is 3.39. The Hall–Kier alpha value is -2.67. The summed E-state index contributed by atoms with van der Waals surface area (Å²) in [5, 5.41) is 6.90. The normalized spacial score (nSPS) is 15.8. The Morgan fingerprint density at radius 2 is 1.79 bits per heavy atom. The third-order valence-electron chi connectivity index (χ3n) is 4.70. The van der Waals surface area contributed by atoms with Crippen LogP contribution >= 0.6 is 12.4 Å². The van der Waals surface area contributed by atoms with Crippen LogP contribution in [-0.4, -0.2) is 29.1 Å². The standard InChI is InChI=1S/C21H23N5O.ClH/c22-21-20(19(25-14-26-21)13-24-16-10-11-23-12-16)15-6-8-18(9-7-15)27-17-4-2-1-3-5-17;/h1-9,14,16,23-24H,10-13H2,(H2,22,25,26);1H. The Kier molecular flexibility index (Phi) is 6.81. The van der Waals surface area contributed by atoms with Gasteiger partial charge in [-0.1, -0.05) is 30.3 Å². The lowest BCUT2D eigenvalue weighted by Crippen LogP contribution is -2.31. The summed E-state index contributed by atoms with van der Waals surface area (Å²) in [7, 11) is 0. The molecule has 0 spiro atoms. The third kappa shape index (κ3) is 4.78. The Bertz CT molecular complexity index is 883. The Morgan fingerprint density at radius 1 is 1.04 bits per heavy atom. The Balaban J connectivity index is 0.00000225. The second-order valence-electron chi connectivity index (χ2n) is 6.59. The second-order valence-corrected chi connectivity index (χ2v) is 6.59. The quantitative estimate of drug-likeness (QED) is 0.591. The van der Waals surface area contributed by atoms with Gasteiger partial charge in [0.1, 0.15) is 23.6 Å². The lowest BCUT2D eigenvalue weighted by molar-refractivity contribution is 0.483. The van der Waals surface area contributed by atoms with Gasteiger partial charge in [0, 0.05) is 24.7 Å². The van der Waals surface area contributed by atoms with Crippen LogP contribution in [0.3, 0.4) is 0 Å². The summed E-state index contributed by atoms with van der Waals surface area (Å²) in [6.45, 7) is 2.71. The summed E-state index contributed by atoms with van der Waals surface area (Å²) < 4.78 is 5.86. The molecular weight excluding hydrogens is 374 g/mol. The third-order valence-corrected chi connectivity index (χ3v) is 4.70. The lowest BCUT2D eigenvalue weighted by Gasteiger charge is -2.15. The zero-order valence-corrected chi connectivity index (χ0v) is 16.3. The smallest absolute Gasteiger partial charge is 0.135 e. The number of anilines is 1. The van der Waals surface area contributed by atoms with Crippen molar-refractivity contribution in [3.05, 3.63) is 66.6 Å². The molecule has 146 valence electrons. The first-order valence-corrected chi connectivity index (χ1v) is 9.16. The van der Waals surface area contributed by atoms with E-state index >= 15 is 0 Å². The van der Waals surface area contributed by atoms with Gasteiger partial charge in [0.2, 0.25) is 0 Å². The van der Waals surface area contributed by atoms with Crippen molar-refractivity contribution in [2.45, 2.75) is 19.0 Å². The van der Waals surface area contributed by atoms with Crippen molar-refractivity contribution >= 4 is 18.2 Å². The molecule has 1 atom stereocenters. The van der Waals surface area contributed by atoms with E-state index < -0.39 is 0 Å². The van der Waals surface area contributed by atoms with E-state index in [0.29, 0.717) is 18.4 Å². The van der Waals surface area contributed by atoms with Crippen LogP contribution in [0.15, 0.2) is 60.9 Å². The predicted molar refractivity (Wildman–Crippen MR) is 114 cm³/mol. The van der Waals surface area contributed by atoms with Crippen LogP contribution in [0.25, 0.3) is 11.1 Å². The van der Waals surface area contributed by atoms with Crippen LogP contribution in [0.4, 0.5) is 5.82 Å². The maximum absolute atomic E-state index is 6.18. The molecule has 1 aliphatic rings. The van der Waals surface area contributed by atoms with E-state index in [-0.39, 0.29) is 12.4 Å². The van der Waals surface area contributed by atoms with Gasteiger partial charge in [-0.25, -0.2) is 9.97 Å². The van der Waals surface area contributed by atoms with Gasteiger partial charge < -0.3 is 21.1 Å². The van der Waals surface area contributed by atoms with Gasteiger partial charge in [0.25, 0.3) is 0 Å². The first-order chi connectivity index (χ1) is 13.3. The number of halogens is 1. The summed E-state index contributed by atoms with van der Waals surface area (Å²) in [5.74, 6) is 2.07. The fourth-order valence-corrected chi connectivity index (χ4v) is 3.27. The number of rotatable bonds is 6. The van der Waals surface area contributed by atoms with Crippen molar-refractivity contribution in [1.82, 2.24) is 20.6 Å². The second kappa shape index (κ2) is 9.50. The van der Waals surface area contributed by atoms with E-state index in [0.717, 1.165) is 47.8 Å². The SMILES string of the molecule is Cl.Nc1ncnc(CNC2CCNC2)c1-c1ccc(Oc2ccccc2)cc1. The monoisotopic (exact) mass is 397 g/mol. The average molecular weight is 398 g/mol. The summed E-state index contributed by atoms with van der Waals surface area (Å²) in [5.41, 5.74) is 8.94. The molecule has 2 aromatic carbocycles. The van der Waals surface area contributed by atoms with E-state index in [1.165, 1.54) is 6.33 Å². The maximum atomic E-state index is 6.18. The molecule has 0 bridgehead atoms. The molecule has 1 saturated heterocycles. The van der Waals surface area contributed by atoms with Gasteiger partial charge in [-0.3, -0.25) is 0 Å². The van der Waals surface area contributed by atoms with E-state index in [1.54, 1.807) is 0 Å². The van der Waals surface area contributed by atoms with Crippen LogP contribution in [0.2, 0.25) is 0 Å². The van der Waals surface area contributed by atoms with Crippen molar-refractivity contribution in [3.63, 3.8) is 0 Å². The first kappa shape index (κ1) is 20.1. The van der Waals surface area contributed by atoms with E-state index in [4.69, 9.17) is 10.5 Å². The molecule has 4 N–H and O–H groups in total. The number of hydrogen-bond acceptors (Lipinski definition) is 6. The highest BCUT2D eigenvalue weighted by Gasteiger charge is 2.16. The van der Waals surface area contributed by atoms with Crippen molar-refractivity contribution in [2.24, 2.45) is 0 Å². The number of para-hydroxylation sites is 1. The molecular formula is C21H24ClN5O. The van der Waals surface area contributed by atoms with Gasteiger partial charge in [0.05, 0.1) is 5.69 Å². The molecule has 4 rings (SSSR count). The molecule has 0 saturated carbocycles. The zero-order chi connectivity index (χ0) is 18.5. The van der Waals surface area contributed by atoms with Crippen molar-refractivity contribution in [3.8, 4) is 22.6 Å². The molecule has 7 heteroatoms. The average Bonchev–Trinajstić information content (AvgIpc) is 3.22. The van der Waals surface area contributed by atoms with Crippen LogP contribution < -0.4 is 21.1 Å². The Morgan fingerprint density at radius 3 is 2.50 bits per heavy atom. The fourth-order valence-electron chi connectivity index (χ4n) is 3.27.